The van der Waals surface area contributed by atoms with Gasteiger partial charge in [-0.1, -0.05) is 6.07 Å². The normalized spacial score (nSPS) is 10.8. The molecule has 0 unspecified atom stereocenters. The lowest BCUT2D eigenvalue weighted by Crippen LogP contribution is -2.29. The Morgan fingerprint density at radius 1 is 1.53 bits per heavy atom. The molecule has 0 fully saturated rings. The number of imidazole rings is 1. The maximum absolute atomic E-state index is 12.0. The number of hydrogen-bond acceptors (Lipinski definition) is 3. The lowest BCUT2D eigenvalue weighted by atomic mass is 10.4. The third-order valence-electron chi connectivity index (χ3n) is 2.70. The number of carbonyl (C=O) groups is 1. The third-order valence-corrected chi connectivity index (χ3v) is 2.70. The van der Waals surface area contributed by atoms with Crippen LogP contribution in [0.3, 0.4) is 0 Å². The summed E-state index contributed by atoms with van der Waals surface area (Å²) >= 11 is 0. The molecule has 0 aromatic carbocycles. The lowest BCUT2D eigenvalue weighted by molar-refractivity contribution is 0.0762. The number of aryl methyl sites for hydroxylation is 1. The van der Waals surface area contributed by atoms with E-state index in [4.69, 9.17) is 5.11 Å². The molecular weight excluding hydrogens is 218 g/mol. The van der Waals surface area contributed by atoms with E-state index < -0.39 is 0 Å². The zero-order valence-corrected chi connectivity index (χ0v) is 9.92. The van der Waals surface area contributed by atoms with Crippen LogP contribution < -0.4 is 0 Å². The highest BCUT2D eigenvalue weighted by molar-refractivity contribution is 5.92. The molecule has 0 bridgehead atoms. The van der Waals surface area contributed by atoms with Gasteiger partial charge in [-0.25, -0.2) is 4.98 Å². The van der Waals surface area contributed by atoms with Gasteiger partial charge in [0.15, 0.2) is 0 Å². The van der Waals surface area contributed by atoms with E-state index in [1.807, 2.05) is 29.5 Å². The largest absolute Gasteiger partial charge is 0.395 e. The molecule has 90 valence electrons. The molecule has 1 N–H and O–H groups in total. The molecule has 5 heteroatoms. The molecule has 0 aliphatic carbocycles. The molecule has 0 atom stereocenters. The second kappa shape index (κ2) is 4.55. The highest BCUT2D eigenvalue weighted by Gasteiger charge is 2.15. The van der Waals surface area contributed by atoms with Crippen molar-refractivity contribution in [2.45, 2.75) is 6.92 Å². The van der Waals surface area contributed by atoms with Gasteiger partial charge in [0.05, 0.1) is 6.61 Å². The molecule has 0 saturated carbocycles. The first-order valence-electron chi connectivity index (χ1n) is 5.44. The minimum atomic E-state index is -0.179. The van der Waals surface area contributed by atoms with Crippen molar-refractivity contribution >= 4 is 11.6 Å². The highest BCUT2D eigenvalue weighted by Crippen LogP contribution is 2.09. The Kier molecular flexibility index (Phi) is 3.10. The number of fused-ring (bicyclic) bond motifs is 1. The number of aliphatic hydroxyl groups excluding tert-OH is 1. The number of pyridine rings is 1. The van der Waals surface area contributed by atoms with E-state index in [0.29, 0.717) is 12.2 Å². The zero-order valence-electron chi connectivity index (χ0n) is 9.92. The summed E-state index contributed by atoms with van der Waals surface area (Å²) in [6, 6.07) is 5.72. The number of carbonyl (C=O) groups excluding carboxylic acids is 1. The molecule has 0 aliphatic heterocycles. The molecular formula is C12H15N3O2. The van der Waals surface area contributed by atoms with Crippen molar-refractivity contribution in [1.82, 2.24) is 14.3 Å². The maximum atomic E-state index is 12.0. The van der Waals surface area contributed by atoms with Crippen LogP contribution in [0.4, 0.5) is 0 Å². The fourth-order valence-electron chi connectivity index (χ4n) is 1.70. The third kappa shape index (κ3) is 2.14. The van der Waals surface area contributed by atoms with Crippen molar-refractivity contribution in [3.05, 3.63) is 35.8 Å². The van der Waals surface area contributed by atoms with E-state index in [1.165, 1.54) is 4.90 Å². The maximum Gasteiger partial charge on any atom is 0.273 e. The van der Waals surface area contributed by atoms with Gasteiger partial charge in [0.25, 0.3) is 5.91 Å². The van der Waals surface area contributed by atoms with Crippen LogP contribution in [0.5, 0.6) is 0 Å². The summed E-state index contributed by atoms with van der Waals surface area (Å²) in [5.74, 6) is -0.179. The molecule has 17 heavy (non-hydrogen) atoms. The fourth-order valence-corrected chi connectivity index (χ4v) is 1.70. The lowest BCUT2D eigenvalue weighted by Gasteiger charge is -2.13. The topological polar surface area (TPSA) is 57.8 Å². The average molecular weight is 233 g/mol. The smallest absolute Gasteiger partial charge is 0.273 e. The SMILES string of the molecule is Cc1cccc2nc(C(=O)N(C)CCO)cn12. The van der Waals surface area contributed by atoms with Crippen molar-refractivity contribution in [3.63, 3.8) is 0 Å². The zero-order chi connectivity index (χ0) is 12.4. The van der Waals surface area contributed by atoms with E-state index in [-0.39, 0.29) is 12.5 Å². The Morgan fingerprint density at radius 2 is 2.29 bits per heavy atom. The number of nitrogens with zero attached hydrogens (tertiary/aromatic N) is 3. The first-order chi connectivity index (χ1) is 8.13. The number of amides is 1. The van der Waals surface area contributed by atoms with Crippen LogP contribution in [0.15, 0.2) is 24.4 Å². The Morgan fingerprint density at radius 3 is 2.94 bits per heavy atom. The molecule has 2 aromatic heterocycles. The quantitative estimate of drug-likeness (QED) is 0.849. The monoisotopic (exact) mass is 233 g/mol. The number of aromatic nitrogens is 2. The van der Waals surface area contributed by atoms with Gasteiger partial charge in [-0.2, -0.15) is 0 Å². The van der Waals surface area contributed by atoms with Crippen molar-refractivity contribution in [3.8, 4) is 0 Å². The molecule has 0 radical (unpaired) electrons. The highest BCUT2D eigenvalue weighted by atomic mass is 16.3. The van der Waals surface area contributed by atoms with Gasteiger partial charge in [0.1, 0.15) is 11.3 Å². The van der Waals surface area contributed by atoms with Crippen molar-refractivity contribution in [1.29, 1.82) is 0 Å². The molecule has 5 nitrogen and oxygen atoms in total. The molecule has 2 aromatic rings. The fraction of sp³-hybridized carbons (Fsp3) is 0.333. The Bertz CT molecular complexity index is 548. The van der Waals surface area contributed by atoms with Crippen LogP contribution in [0.1, 0.15) is 16.2 Å². The Labute approximate surface area is 99.3 Å². The van der Waals surface area contributed by atoms with Gasteiger partial charge in [-0.3, -0.25) is 4.79 Å². The summed E-state index contributed by atoms with van der Waals surface area (Å²) in [4.78, 5) is 17.7. The summed E-state index contributed by atoms with van der Waals surface area (Å²) in [6.45, 7) is 2.22. The summed E-state index contributed by atoms with van der Waals surface area (Å²) in [5, 5.41) is 8.80. The summed E-state index contributed by atoms with van der Waals surface area (Å²) in [6.07, 6.45) is 1.72. The van der Waals surface area contributed by atoms with Gasteiger partial charge in [-0.15, -0.1) is 0 Å². The first-order valence-corrected chi connectivity index (χ1v) is 5.44. The Balaban J connectivity index is 2.37. The van der Waals surface area contributed by atoms with Gasteiger partial charge in [0, 0.05) is 25.5 Å². The van der Waals surface area contributed by atoms with Crippen molar-refractivity contribution in [2.24, 2.45) is 0 Å². The molecule has 2 heterocycles. The van der Waals surface area contributed by atoms with Gasteiger partial charge in [-0.05, 0) is 19.1 Å². The van der Waals surface area contributed by atoms with Crippen LogP contribution in [-0.2, 0) is 0 Å². The van der Waals surface area contributed by atoms with Gasteiger partial charge < -0.3 is 14.4 Å². The second-order valence-electron chi connectivity index (χ2n) is 3.97. The summed E-state index contributed by atoms with van der Waals surface area (Å²) < 4.78 is 1.88. The average Bonchev–Trinajstić information content (AvgIpc) is 2.73. The molecule has 2 rings (SSSR count). The summed E-state index contributed by atoms with van der Waals surface area (Å²) in [5.41, 5.74) is 2.18. The van der Waals surface area contributed by atoms with E-state index >= 15 is 0 Å². The van der Waals surface area contributed by atoms with Crippen LogP contribution in [0.25, 0.3) is 5.65 Å². The van der Waals surface area contributed by atoms with Crippen LogP contribution in [0.2, 0.25) is 0 Å². The second-order valence-corrected chi connectivity index (χ2v) is 3.97. The van der Waals surface area contributed by atoms with E-state index in [9.17, 15) is 4.79 Å². The van der Waals surface area contributed by atoms with E-state index in [1.54, 1.807) is 13.2 Å². The van der Waals surface area contributed by atoms with Crippen molar-refractivity contribution < 1.29 is 9.90 Å². The van der Waals surface area contributed by atoms with E-state index in [2.05, 4.69) is 4.98 Å². The van der Waals surface area contributed by atoms with E-state index in [0.717, 1.165) is 11.3 Å². The summed E-state index contributed by atoms with van der Waals surface area (Å²) in [7, 11) is 1.65. The number of aliphatic hydroxyl groups is 1. The minimum absolute atomic E-state index is 0.0470. The predicted octanol–water partition coefficient (Wildman–Crippen LogP) is 0.707. The number of hydrogen-bond donors (Lipinski definition) is 1. The van der Waals surface area contributed by atoms with Crippen LogP contribution >= 0.6 is 0 Å². The number of likely N-dealkylation sites (N-methyl/N-ethyl adjacent to an activating group) is 1. The molecule has 0 spiro atoms. The first kappa shape index (κ1) is 11.6. The van der Waals surface area contributed by atoms with Crippen molar-refractivity contribution in [2.75, 3.05) is 20.2 Å². The van der Waals surface area contributed by atoms with Gasteiger partial charge >= 0.3 is 0 Å². The van der Waals surface area contributed by atoms with Crippen LogP contribution in [0, 0.1) is 6.92 Å². The van der Waals surface area contributed by atoms with Gasteiger partial charge in [0.2, 0.25) is 0 Å². The molecule has 1 amide bonds. The standard InChI is InChI=1S/C12H15N3O2/c1-9-4-3-5-11-13-10(8-15(9)11)12(17)14(2)6-7-16/h3-5,8,16H,6-7H2,1-2H3. The minimum Gasteiger partial charge on any atom is -0.395 e. The van der Waals surface area contributed by atoms with Crippen LogP contribution in [-0.4, -0.2) is 45.5 Å². The predicted molar refractivity (Wildman–Crippen MR) is 64.0 cm³/mol. The Hall–Kier alpha value is -1.88. The number of rotatable bonds is 3. The molecule has 0 aliphatic rings. The molecule has 0 saturated heterocycles.